The lowest BCUT2D eigenvalue weighted by Crippen LogP contribution is -2.40. The van der Waals surface area contributed by atoms with E-state index in [-0.39, 0.29) is 17.3 Å². The monoisotopic (exact) mass is 440 g/mol. The molecule has 0 radical (unpaired) electrons. The van der Waals surface area contributed by atoms with Crippen LogP contribution in [0.25, 0.3) is 0 Å². The van der Waals surface area contributed by atoms with Crippen LogP contribution in [0.4, 0.5) is 4.79 Å². The van der Waals surface area contributed by atoms with Gasteiger partial charge in [0.05, 0.1) is 4.90 Å². The third-order valence-electron chi connectivity index (χ3n) is 5.14. The molecule has 0 aliphatic carbocycles. The minimum absolute atomic E-state index is 0.130. The topological polar surface area (TPSA) is 122 Å². The molecule has 31 heavy (non-hydrogen) atoms. The molecule has 1 aliphatic rings. The molecule has 0 unspecified atom stereocenters. The van der Waals surface area contributed by atoms with Crippen molar-refractivity contribution in [3.63, 3.8) is 0 Å². The molecule has 9 nitrogen and oxygen atoms in total. The van der Waals surface area contributed by atoms with Gasteiger partial charge < -0.3 is 9.84 Å². The molecule has 10 heteroatoms. The number of urea groups is 1. The molecule has 1 saturated heterocycles. The summed E-state index contributed by atoms with van der Waals surface area (Å²) in [5.74, 6) is 0.103. The minimum Gasteiger partial charge on any atom is -0.337 e. The molecular weight excluding hydrogens is 420 g/mol. The molecular formula is C21H20N4O5S. The van der Waals surface area contributed by atoms with E-state index in [0.29, 0.717) is 17.8 Å². The van der Waals surface area contributed by atoms with Crippen molar-refractivity contribution in [1.29, 1.82) is 0 Å². The van der Waals surface area contributed by atoms with Gasteiger partial charge in [-0.2, -0.15) is 4.98 Å². The fraction of sp³-hybridized carbons (Fsp3) is 0.238. The van der Waals surface area contributed by atoms with Gasteiger partial charge in [-0.15, -0.1) is 0 Å². The molecule has 1 aliphatic heterocycles. The zero-order chi connectivity index (χ0) is 22.2. The highest BCUT2D eigenvalue weighted by molar-refractivity contribution is 7.90. The molecule has 160 valence electrons. The van der Waals surface area contributed by atoms with Crippen LogP contribution in [0.1, 0.15) is 29.8 Å². The predicted octanol–water partition coefficient (Wildman–Crippen LogP) is 2.03. The van der Waals surface area contributed by atoms with Crippen LogP contribution < -0.4 is 5.32 Å². The fourth-order valence-electron chi connectivity index (χ4n) is 3.41. The van der Waals surface area contributed by atoms with Crippen molar-refractivity contribution in [2.75, 3.05) is 6.26 Å². The summed E-state index contributed by atoms with van der Waals surface area (Å²) in [6.45, 7) is 1.40. The maximum atomic E-state index is 13.1. The lowest BCUT2D eigenvalue weighted by molar-refractivity contribution is -0.131. The van der Waals surface area contributed by atoms with Crippen LogP contribution in [0.5, 0.6) is 0 Å². The largest absolute Gasteiger partial charge is 0.337 e. The Morgan fingerprint density at radius 2 is 1.74 bits per heavy atom. The summed E-state index contributed by atoms with van der Waals surface area (Å²) in [7, 11) is -3.37. The lowest BCUT2D eigenvalue weighted by Gasteiger charge is -2.22. The highest BCUT2D eigenvalue weighted by atomic mass is 32.2. The van der Waals surface area contributed by atoms with Crippen molar-refractivity contribution in [2.24, 2.45) is 0 Å². The van der Waals surface area contributed by atoms with E-state index in [9.17, 15) is 18.0 Å². The Hall–Kier alpha value is -3.53. The number of nitrogens with zero attached hydrogens (tertiary/aromatic N) is 3. The zero-order valence-electron chi connectivity index (χ0n) is 16.9. The SMILES string of the molecule is C[C@@]1(c2ccc(S(C)(=O)=O)cc2)NC(=O)N(Cc2nc(Cc3ccccc3)no2)C1=O. The van der Waals surface area contributed by atoms with Crippen LogP contribution in [0.15, 0.2) is 64.0 Å². The molecule has 1 atom stereocenters. The first kappa shape index (κ1) is 20.7. The van der Waals surface area contributed by atoms with Crippen molar-refractivity contribution in [3.05, 3.63) is 77.4 Å². The van der Waals surface area contributed by atoms with Crippen LogP contribution >= 0.6 is 0 Å². The standard InChI is InChI=1S/C21H20N4O5S/c1-21(15-8-10-16(11-9-15)31(2,28)29)19(26)25(20(27)23-21)13-18-22-17(24-30-18)12-14-6-4-3-5-7-14/h3-11H,12-13H2,1-2H3,(H,23,27)/t21-/m0/s1. The van der Waals surface area contributed by atoms with Crippen molar-refractivity contribution in [3.8, 4) is 0 Å². The normalized spacial score (nSPS) is 19.0. The molecule has 2 aromatic carbocycles. The summed E-state index contributed by atoms with van der Waals surface area (Å²) in [6.07, 6.45) is 1.57. The second-order valence-electron chi connectivity index (χ2n) is 7.51. The number of carbonyl (C=O) groups excluding carboxylic acids is 2. The van der Waals surface area contributed by atoms with Crippen LogP contribution in [-0.2, 0) is 33.1 Å². The lowest BCUT2D eigenvalue weighted by atomic mass is 9.92. The predicted molar refractivity (Wildman–Crippen MR) is 110 cm³/mol. The fourth-order valence-corrected chi connectivity index (χ4v) is 4.04. The van der Waals surface area contributed by atoms with E-state index < -0.39 is 27.3 Å². The third-order valence-corrected chi connectivity index (χ3v) is 6.27. The second kappa shape index (κ2) is 7.62. The van der Waals surface area contributed by atoms with Gasteiger partial charge in [-0.1, -0.05) is 47.6 Å². The molecule has 1 aromatic heterocycles. The first-order valence-electron chi connectivity index (χ1n) is 9.47. The van der Waals surface area contributed by atoms with Crippen molar-refractivity contribution < 1.29 is 22.5 Å². The molecule has 0 spiro atoms. The summed E-state index contributed by atoms with van der Waals surface area (Å²) in [6, 6.07) is 14.9. The number of benzene rings is 2. The summed E-state index contributed by atoms with van der Waals surface area (Å²) >= 11 is 0. The summed E-state index contributed by atoms with van der Waals surface area (Å²) in [4.78, 5) is 31.0. The number of hydrogen-bond donors (Lipinski definition) is 1. The van der Waals surface area contributed by atoms with Gasteiger partial charge >= 0.3 is 6.03 Å². The zero-order valence-corrected chi connectivity index (χ0v) is 17.7. The van der Waals surface area contributed by atoms with Gasteiger partial charge in [0.1, 0.15) is 12.1 Å². The van der Waals surface area contributed by atoms with Gasteiger partial charge in [-0.3, -0.25) is 9.69 Å². The highest BCUT2D eigenvalue weighted by Crippen LogP contribution is 2.30. The average Bonchev–Trinajstić information content (AvgIpc) is 3.26. The second-order valence-corrected chi connectivity index (χ2v) is 9.53. The highest BCUT2D eigenvalue weighted by Gasteiger charge is 2.49. The van der Waals surface area contributed by atoms with E-state index in [4.69, 9.17) is 4.52 Å². The molecule has 3 aromatic rings. The number of hydrogen-bond acceptors (Lipinski definition) is 7. The maximum Gasteiger partial charge on any atom is 0.325 e. The molecule has 3 amide bonds. The number of rotatable bonds is 6. The smallest absolute Gasteiger partial charge is 0.325 e. The molecule has 1 N–H and O–H groups in total. The Bertz CT molecular complexity index is 1240. The maximum absolute atomic E-state index is 13.1. The molecule has 4 rings (SSSR count). The van der Waals surface area contributed by atoms with Crippen LogP contribution in [0, 0.1) is 0 Å². The van der Waals surface area contributed by atoms with Gasteiger partial charge in [0.2, 0.25) is 5.89 Å². The van der Waals surface area contributed by atoms with Gasteiger partial charge in [0.15, 0.2) is 15.7 Å². The van der Waals surface area contributed by atoms with Crippen molar-refractivity contribution in [1.82, 2.24) is 20.4 Å². The Kier molecular flexibility index (Phi) is 5.10. The molecule has 0 bridgehead atoms. The third kappa shape index (κ3) is 4.06. The molecule has 1 fully saturated rings. The number of amides is 3. The Balaban J connectivity index is 1.51. The van der Waals surface area contributed by atoms with Gasteiger partial charge in [0, 0.05) is 12.7 Å². The first-order chi connectivity index (χ1) is 14.7. The van der Waals surface area contributed by atoms with E-state index in [1.807, 2.05) is 30.3 Å². The number of aromatic nitrogens is 2. The van der Waals surface area contributed by atoms with Crippen LogP contribution in [0.2, 0.25) is 0 Å². The van der Waals surface area contributed by atoms with E-state index in [0.717, 1.165) is 16.7 Å². The van der Waals surface area contributed by atoms with E-state index in [2.05, 4.69) is 15.5 Å². The van der Waals surface area contributed by atoms with Crippen LogP contribution in [0.3, 0.4) is 0 Å². The number of sulfone groups is 1. The summed E-state index contributed by atoms with van der Waals surface area (Å²) < 4.78 is 28.6. The summed E-state index contributed by atoms with van der Waals surface area (Å²) in [5, 5.41) is 6.59. The van der Waals surface area contributed by atoms with E-state index >= 15 is 0 Å². The number of nitrogens with one attached hydrogen (secondary N) is 1. The first-order valence-corrected chi connectivity index (χ1v) is 11.4. The summed E-state index contributed by atoms with van der Waals surface area (Å²) in [5.41, 5.74) is 0.144. The van der Waals surface area contributed by atoms with Gasteiger partial charge in [0.25, 0.3) is 5.91 Å². The number of imide groups is 1. The average molecular weight is 440 g/mol. The Morgan fingerprint density at radius 1 is 1.06 bits per heavy atom. The van der Waals surface area contributed by atoms with E-state index in [1.54, 1.807) is 6.92 Å². The quantitative estimate of drug-likeness (QED) is 0.582. The molecule has 2 heterocycles. The Labute approximate surface area is 179 Å². The van der Waals surface area contributed by atoms with Crippen molar-refractivity contribution >= 4 is 21.8 Å². The van der Waals surface area contributed by atoms with Gasteiger partial charge in [-0.25, -0.2) is 13.2 Å². The molecule has 0 saturated carbocycles. The van der Waals surface area contributed by atoms with E-state index in [1.165, 1.54) is 24.3 Å². The van der Waals surface area contributed by atoms with Crippen LogP contribution in [-0.4, -0.2) is 41.7 Å². The number of carbonyl (C=O) groups is 2. The Morgan fingerprint density at radius 3 is 2.39 bits per heavy atom. The minimum atomic E-state index is -3.37. The van der Waals surface area contributed by atoms with Crippen molar-refractivity contribution in [2.45, 2.75) is 30.3 Å². The van der Waals surface area contributed by atoms with Gasteiger partial charge in [-0.05, 0) is 30.2 Å².